The van der Waals surface area contributed by atoms with E-state index in [1.807, 2.05) is 24.3 Å². The van der Waals surface area contributed by atoms with E-state index in [0.717, 1.165) is 10.8 Å². The van der Waals surface area contributed by atoms with Gasteiger partial charge in [0, 0.05) is 5.69 Å². The van der Waals surface area contributed by atoms with Gasteiger partial charge >= 0.3 is 0 Å². The Morgan fingerprint density at radius 2 is 1.84 bits per heavy atom. The van der Waals surface area contributed by atoms with E-state index in [-0.39, 0.29) is 5.91 Å². The number of hydrogen-bond donors (Lipinski definition) is 2. The molecule has 0 aromatic heterocycles. The van der Waals surface area contributed by atoms with Gasteiger partial charge in [0.1, 0.15) is 0 Å². The molecule has 0 unspecified atom stereocenters. The van der Waals surface area contributed by atoms with Crippen LogP contribution in [-0.2, 0) is 0 Å². The van der Waals surface area contributed by atoms with Crippen LogP contribution in [-0.4, -0.2) is 11.4 Å². The Hall–Kier alpha value is -2.47. The first-order chi connectivity index (χ1) is 8.93. The maximum Gasteiger partial charge on any atom is 0.254 e. The summed E-state index contributed by atoms with van der Waals surface area (Å²) in [6.45, 7) is 3.53. The smallest absolute Gasteiger partial charge is 0.254 e. The Bertz CT molecular complexity index is 681. The molecule has 0 saturated heterocycles. The standard InChI is InChI=1S/C16H16N2O/c1-4-16(2,3)18-15(19)13-9-11-7-5-6-8-12(11)10-14(13)17/h1,5-10H,17H2,2-3H3,(H,18,19). The van der Waals surface area contributed by atoms with E-state index >= 15 is 0 Å². The van der Waals surface area contributed by atoms with Gasteiger partial charge in [-0.25, -0.2) is 0 Å². The highest BCUT2D eigenvalue weighted by Crippen LogP contribution is 2.22. The number of carbonyl (C=O) groups is 1. The van der Waals surface area contributed by atoms with Crippen molar-refractivity contribution in [2.24, 2.45) is 0 Å². The first-order valence-corrected chi connectivity index (χ1v) is 6.01. The molecule has 3 N–H and O–H groups in total. The predicted octanol–water partition coefficient (Wildman–Crippen LogP) is 2.56. The molecule has 0 saturated carbocycles. The number of terminal acetylenes is 1. The van der Waals surface area contributed by atoms with Gasteiger partial charge in [0.15, 0.2) is 0 Å². The summed E-state index contributed by atoms with van der Waals surface area (Å²) in [6.07, 6.45) is 5.37. The lowest BCUT2D eigenvalue weighted by Gasteiger charge is -2.20. The normalized spacial score (nSPS) is 11.0. The highest BCUT2D eigenvalue weighted by atomic mass is 16.1. The van der Waals surface area contributed by atoms with Crippen molar-refractivity contribution >= 4 is 22.4 Å². The lowest BCUT2D eigenvalue weighted by Crippen LogP contribution is -2.42. The van der Waals surface area contributed by atoms with Crippen molar-refractivity contribution in [3.8, 4) is 12.3 Å². The highest BCUT2D eigenvalue weighted by Gasteiger charge is 2.19. The molecule has 0 aliphatic heterocycles. The van der Waals surface area contributed by atoms with Gasteiger partial charge in [-0.3, -0.25) is 4.79 Å². The molecule has 0 spiro atoms. The van der Waals surface area contributed by atoms with Crippen molar-refractivity contribution in [2.45, 2.75) is 19.4 Å². The van der Waals surface area contributed by atoms with Crippen molar-refractivity contribution in [1.82, 2.24) is 5.32 Å². The molecule has 2 aromatic carbocycles. The third-order valence-electron chi connectivity index (χ3n) is 2.95. The minimum Gasteiger partial charge on any atom is -0.398 e. The average molecular weight is 252 g/mol. The lowest BCUT2D eigenvalue weighted by atomic mass is 10.0. The molecule has 96 valence electrons. The Kier molecular flexibility index (Phi) is 3.18. The number of nitrogen functional groups attached to an aromatic ring is 1. The third kappa shape index (κ3) is 2.69. The number of amides is 1. The van der Waals surface area contributed by atoms with Crippen LogP contribution >= 0.6 is 0 Å². The predicted molar refractivity (Wildman–Crippen MR) is 78.7 cm³/mol. The third-order valence-corrected chi connectivity index (χ3v) is 2.95. The number of fused-ring (bicyclic) bond motifs is 1. The summed E-state index contributed by atoms with van der Waals surface area (Å²) >= 11 is 0. The molecule has 3 heteroatoms. The molecule has 0 heterocycles. The Balaban J connectivity index is 2.43. The first kappa shape index (κ1) is 13.0. The number of nitrogens with two attached hydrogens (primary N) is 1. The average Bonchev–Trinajstić information content (AvgIpc) is 2.37. The number of anilines is 1. The van der Waals surface area contributed by atoms with Crippen molar-refractivity contribution in [2.75, 3.05) is 5.73 Å². The molecule has 0 aliphatic rings. The molecular formula is C16H16N2O. The molecule has 1 amide bonds. The zero-order chi connectivity index (χ0) is 14.0. The van der Waals surface area contributed by atoms with Gasteiger partial charge < -0.3 is 11.1 Å². The number of benzene rings is 2. The Morgan fingerprint density at radius 1 is 1.26 bits per heavy atom. The number of rotatable bonds is 2. The van der Waals surface area contributed by atoms with Gasteiger partial charge in [-0.05, 0) is 36.8 Å². The highest BCUT2D eigenvalue weighted by molar-refractivity contribution is 6.04. The molecular weight excluding hydrogens is 236 g/mol. The van der Waals surface area contributed by atoms with Crippen LogP contribution in [0.3, 0.4) is 0 Å². The van der Waals surface area contributed by atoms with E-state index in [9.17, 15) is 4.79 Å². The van der Waals surface area contributed by atoms with E-state index in [1.54, 1.807) is 26.0 Å². The monoisotopic (exact) mass is 252 g/mol. The molecule has 0 bridgehead atoms. The molecule has 3 nitrogen and oxygen atoms in total. The maximum absolute atomic E-state index is 12.2. The summed E-state index contributed by atoms with van der Waals surface area (Å²) < 4.78 is 0. The number of carbonyl (C=O) groups excluding carboxylic acids is 1. The summed E-state index contributed by atoms with van der Waals surface area (Å²) in [5, 5.41) is 4.75. The van der Waals surface area contributed by atoms with Crippen LogP contribution in [0.4, 0.5) is 5.69 Å². The molecule has 0 fully saturated rings. The van der Waals surface area contributed by atoms with Crippen LogP contribution in [0.2, 0.25) is 0 Å². The van der Waals surface area contributed by atoms with Crippen LogP contribution in [0.5, 0.6) is 0 Å². The van der Waals surface area contributed by atoms with Crippen LogP contribution in [0.25, 0.3) is 10.8 Å². The van der Waals surface area contributed by atoms with Gasteiger partial charge in [0.05, 0.1) is 11.1 Å². The van der Waals surface area contributed by atoms with Gasteiger partial charge in [-0.1, -0.05) is 30.2 Å². The molecule has 2 rings (SSSR count). The topological polar surface area (TPSA) is 55.1 Å². The van der Waals surface area contributed by atoms with Gasteiger partial charge in [0.2, 0.25) is 0 Å². The van der Waals surface area contributed by atoms with Gasteiger partial charge in [0.25, 0.3) is 5.91 Å². The molecule has 19 heavy (non-hydrogen) atoms. The maximum atomic E-state index is 12.2. The van der Waals surface area contributed by atoms with E-state index in [1.165, 1.54) is 0 Å². The largest absolute Gasteiger partial charge is 0.398 e. The summed E-state index contributed by atoms with van der Waals surface area (Å²) in [4.78, 5) is 12.2. The van der Waals surface area contributed by atoms with E-state index < -0.39 is 5.54 Å². The van der Waals surface area contributed by atoms with Crippen molar-refractivity contribution in [1.29, 1.82) is 0 Å². The van der Waals surface area contributed by atoms with Crippen LogP contribution in [0, 0.1) is 12.3 Å². The molecule has 0 radical (unpaired) electrons. The fourth-order valence-electron chi connectivity index (χ4n) is 1.84. The second-order valence-corrected chi connectivity index (χ2v) is 5.01. The summed E-state index contributed by atoms with van der Waals surface area (Å²) in [5.74, 6) is 2.27. The van der Waals surface area contributed by atoms with E-state index in [0.29, 0.717) is 11.3 Å². The number of hydrogen-bond acceptors (Lipinski definition) is 2. The Morgan fingerprint density at radius 3 is 2.42 bits per heavy atom. The second kappa shape index (κ2) is 4.66. The van der Waals surface area contributed by atoms with Crippen LogP contribution < -0.4 is 11.1 Å². The zero-order valence-electron chi connectivity index (χ0n) is 11.0. The number of nitrogens with one attached hydrogen (secondary N) is 1. The minimum absolute atomic E-state index is 0.258. The van der Waals surface area contributed by atoms with Crippen LogP contribution in [0.1, 0.15) is 24.2 Å². The lowest BCUT2D eigenvalue weighted by molar-refractivity contribution is 0.0931. The fourth-order valence-corrected chi connectivity index (χ4v) is 1.84. The van der Waals surface area contributed by atoms with Crippen LogP contribution in [0.15, 0.2) is 36.4 Å². The fraction of sp³-hybridized carbons (Fsp3) is 0.188. The van der Waals surface area contributed by atoms with E-state index in [2.05, 4.69) is 11.2 Å². The molecule has 0 atom stereocenters. The minimum atomic E-state index is -0.699. The molecule has 0 aliphatic carbocycles. The zero-order valence-corrected chi connectivity index (χ0v) is 11.0. The summed E-state index contributed by atoms with van der Waals surface area (Å²) in [7, 11) is 0. The van der Waals surface area contributed by atoms with E-state index in [4.69, 9.17) is 12.2 Å². The van der Waals surface area contributed by atoms with Gasteiger partial charge in [-0.2, -0.15) is 0 Å². The Labute approximate surface area is 112 Å². The SMILES string of the molecule is C#CC(C)(C)NC(=O)c1cc2ccccc2cc1N. The second-order valence-electron chi connectivity index (χ2n) is 5.01. The van der Waals surface area contributed by atoms with Crippen molar-refractivity contribution in [3.05, 3.63) is 42.0 Å². The quantitative estimate of drug-likeness (QED) is 0.637. The van der Waals surface area contributed by atoms with Crippen molar-refractivity contribution < 1.29 is 4.79 Å². The van der Waals surface area contributed by atoms with Gasteiger partial charge in [-0.15, -0.1) is 6.42 Å². The molecule has 2 aromatic rings. The first-order valence-electron chi connectivity index (χ1n) is 6.01. The summed E-state index contributed by atoms with van der Waals surface area (Å²) in [6, 6.07) is 11.3. The van der Waals surface area contributed by atoms with Crippen molar-refractivity contribution in [3.63, 3.8) is 0 Å². The summed E-state index contributed by atoms with van der Waals surface area (Å²) in [5.41, 5.74) is 6.13.